The van der Waals surface area contributed by atoms with Gasteiger partial charge in [-0.05, 0) is 38.0 Å². The third-order valence-corrected chi connectivity index (χ3v) is 6.67. The van der Waals surface area contributed by atoms with Crippen LogP contribution < -0.4 is 4.90 Å². The molecule has 1 atom stereocenters. The minimum atomic E-state index is -0.239. The third kappa shape index (κ3) is 4.49. The molecule has 30 heavy (non-hydrogen) atoms. The number of aromatic nitrogens is 1. The van der Waals surface area contributed by atoms with Crippen LogP contribution >= 0.6 is 11.3 Å². The zero-order chi connectivity index (χ0) is 20.9. The van der Waals surface area contributed by atoms with E-state index in [1.165, 1.54) is 11.3 Å². The molecule has 2 aromatic heterocycles. The number of carbonyl (C=O) groups excluding carboxylic acids is 2. The number of esters is 1. The number of morpholine rings is 1. The molecule has 4 rings (SSSR count). The summed E-state index contributed by atoms with van der Waals surface area (Å²) >= 11 is 1.51. The standard InChI is InChI=1S/C22H27N3O4S/c1-2-29-22(27)16-6-5-9-25(15-16)20(26)19-14-17(18-7-3-4-8-23-18)21(30-19)24-10-12-28-13-11-24/h3-4,7-8,14,16H,2,5-6,9-13,15H2,1H3. The smallest absolute Gasteiger partial charge is 0.310 e. The Morgan fingerprint density at radius 2 is 2.10 bits per heavy atom. The summed E-state index contributed by atoms with van der Waals surface area (Å²) in [7, 11) is 0. The molecule has 2 aliphatic rings. The molecule has 0 aromatic carbocycles. The maximum atomic E-state index is 13.3. The molecule has 0 bridgehead atoms. The molecule has 0 saturated carbocycles. The first kappa shape index (κ1) is 20.8. The molecule has 0 radical (unpaired) electrons. The van der Waals surface area contributed by atoms with E-state index in [0.29, 0.717) is 37.8 Å². The monoisotopic (exact) mass is 429 g/mol. The van der Waals surface area contributed by atoms with Gasteiger partial charge in [-0.25, -0.2) is 0 Å². The SMILES string of the molecule is CCOC(=O)C1CCCN(C(=O)c2cc(-c3ccccn3)c(N3CCOCC3)s2)C1. The highest BCUT2D eigenvalue weighted by Gasteiger charge is 2.31. The second kappa shape index (κ2) is 9.57. The van der Waals surface area contributed by atoms with E-state index in [4.69, 9.17) is 9.47 Å². The Hall–Kier alpha value is -2.45. The Morgan fingerprint density at radius 1 is 1.27 bits per heavy atom. The number of hydrogen-bond donors (Lipinski definition) is 0. The van der Waals surface area contributed by atoms with Crippen molar-refractivity contribution in [3.8, 4) is 11.3 Å². The van der Waals surface area contributed by atoms with Crippen LogP contribution in [0.2, 0.25) is 0 Å². The Kier molecular flexibility index (Phi) is 6.64. The van der Waals surface area contributed by atoms with Crippen LogP contribution in [0.1, 0.15) is 29.4 Å². The first-order valence-corrected chi connectivity index (χ1v) is 11.3. The van der Waals surface area contributed by atoms with Crippen molar-refractivity contribution in [3.05, 3.63) is 35.3 Å². The van der Waals surface area contributed by atoms with Crippen LogP contribution in [-0.2, 0) is 14.3 Å². The number of amides is 1. The number of carbonyl (C=O) groups is 2. The molecular formula is C22H27N3O4S. The van der Waals surface area contributed by atoms with Crippen LogP contribution in [0.5, 0.6) is 0 Å². The second-order valence-electron chi connectivity index (χ2n) is 7.49. The lowest BCUT2D eigenvalue weighted by atomic mass is 9.98. The number of likely N-dealkylation sites (tertiary alicyclic amines) is 1. The summed E-state index contributed by atoms with van der Waals surface area (Å²) in [4.78, 5) is 34.7. The van der Waals surface area contributed by atoms with Gasteiger partial charge in [0, 0.05) is 37.9 Å². The topological polar surface area (TPSA) is 72.0 Å². The van der Waals surface area contributed by atoms with E-state index < -0.39 is 0 Å². The largest absolute Gasteiger partial charge is 0.466 e. The molecule has 2 aliphatic heterocycles. The van der Waals surface area contributed by atoms with Gasteiger partial charge in [-0.3, -0.25) is 14.6 Å². The quantitative estimate of drug-likeness (QED) is 0.681. The summed E-state index contributed by atoms with van der Waals surface area (Å²) in [6.07, 6.45) is 3.35. The fraction of sp³-hybridized carbons (Fsp3) is 0.500. The minimum absolute atomic E-state index is 0.0225. The summed E-state index contributed by atoms with van der Waals surface area (Å²) in [6, 6.07) is 7.77. The molecule has 7 nitrogen and oxygen atoms in total. The molecule has 160 valence electrons. The Bertz CT molecular complexity index is 880. The molecule has 0 N–H and O–H groups in total. The molecule has 1 unspecified atom stereocenters. The second-order valence-corrected chi connectivity index (χ2v) is 8.52. The average Bonchev–Trinajstić information content (AvgIpc) is 3.25. The number of nitrogens with zero attached hydrogens (tertiary/aromatic N) is 3. The van der Waals surface area contributed by atoms with Crippen LogP contribution in [0.4, 0.5) is 5.00 Å². The van der Waals surface area contributed by atoms with Crippen molar-refractivity contribution in [2.75, 3.05) is 50.9 Å². The fourth-order valence-corrected chi connectivity index (χ4v) is 5.15. The third-order valence-electron chi connectivity index (χ3n) is 5.49. The van der Waals surface area contributed by atoms with E-state index >= 15 is 0 Å². The summed E-state index contributed by atoms with van der Waals surface area (Å²) in [5.74, 6) is -0.466. The highest BCUT2D eigenvalue weighted by molar-refractivity contribution is 7.18. The van der Waals surface area contributed by atoms with Gasteiger partial charge in [0.05, 0.1) is 36.3 Å². The van der Waals surface area contributed by atoms with Crippen LogP contribution in [0.3, 0.4) is 0 Å². The maximum absolute atomic E-state index is 13.3. The molecule has 0 spiro atoms. The lowest BCUT2D eigenvalue weighted by molar-refractivity contribution is -0.149. The van der Waals surface area contributed by atoms with Gasteiger partial charge in [0.15, 0.2) is 0 Å². The van der Waals surface area contributed by atoms with Crippen LogP contribution in [0, 0.1) is 5.92 Å². The Labute approximate surface area is 180 Å². The highest BCUT2D eigenvalue weighted by Crippen LogP contribution is 2.39. The molecular weight excluding hydrogens is 402 g/mol. The molecule has 1 amide bonds. The van der Waals surface area contributed by atoms with E-state index in [1.54, 1.807) is 11.1 Å². The van der Waals surface area contributed by atoms with Gasteiger partial charge in [-0.1, -0.05) is 6.07 Å². The Morgan fingerprint density at radius 3 is 2.83 bits per heavy atom. The van der Waals surface area contributed by atoms with Gasteiger partial charge in [-0.2, -0.15) is 0 Å². The first-order valence-electron chi connectivity index (χ1n) is 10.5. The van der Waals surface area contributed by atoms with E-state index in [-0.39, 0.29) is 17.8 Å². The number of hydrogen-bond acceptors (Lipinski definition) is 7. The zero-order valence-electron chi connectivity index (χ0n) is 17.2. The van der Waals surface area contributed by atoms with Crippen LogP contribution in [0.15, 0.2) is 30.5 Å². The Balaban J connectivity index is 1.59. The molecule has 8 heteroatoms. The predicted molar refractivity (Wildman–Crippen MR) is 116 cm³/mol. The van der Waals surface area contributed by atoms with Gasteiger partial charge >= 0.3 is 5.97 Å². The maximum Gasteiger partial charge on any atom is 0.310 e. The van der Waals surface area contributed by atoms with E-state index in [1.807, 2.05) is 31.2 Å². The van der Waals surface area contributed by atoms with Crippen molar-refractivity contribution in [1.29, 1.82) is 0 Å². The van der Waals surface area contributed by atoms with E-state index in [2.05, 4.69) is 9.88 Å². The van der Waals surface area contributed by atoms with Gasteiger partial charge in [0.1, 0.15) is 5.00 Å². The van der Waals surface area contributed by atoms with Crippen molar-refractivity contribution < 1.29 is 19.1 Å². The van der Waals surface area contributed by atoms with Crippen molar-refractivity contribution in [2.24, 2.45) is 5.92 Å². The van der Waals surface area contributed by atoms with Gasteiger partial charge in [0.2, 0.25) is 0 Å². The minimum Gasteiger partial charge on any atom is -0.466 e. The van der Waals surface area contributed by atoms with Crippen molar-refractivity contribution in [2.45, 2.75) is 19.8 Å². The normalized spacial score (nSPS) is 19.6. The number of pyridine rings is 1. The number of thiophene rings is 1. The molecule has 2 fully saturated rings. The summed E-state index contributed by atoms with van der Waals surface area (Å²) in [5.41, 5.74) is 1.84. The zero-order valence-corrected chi connectivity index (χ0v) is 18.0. The lowest BCUT2D eigenvalue weighted by Crippen LogP contribution is -2.42. The summed E-state index contributed by atoms with van der Waals surface area (Å²) in [6.45, 7) is 6.20. The molecule has 2 saturated heterocycles. The van der Waals surface area contributed by atoms with Gasteiger partial charge in [-0.15, -0.1) is 11.3 Å². The van der Waals surface area contributed by atoms with Crippen LogP contribution in [0.25, 0.3) is 11.3 Å². The lowest BCUT2D eigenvalue weighted by Gasteiger charge is -2.31. The molecule has 0 aliphatic carbocycles. The number of anilines is 1. The van der Waals surface area contributed by atoms with Gasteiger partial charge < -0.3 is 19.3 Å². The highest BCUT2D eigenvalue weighted by atomic mass is 32.1. The first-order chi connectivity index (χ1) is 14.7. The van der Waals surface area contributed by atoms with Crippen molar-refractivity contribution in [3.63, 3.8) is 0 Å². The van der Waals surface area contributed by atoms with Gasteiger partial charge in [0.25, 0.3) is 5.91 Å². The fourth-order valence-electron chi connectivity index (χ4n) is 3.96. The van der Waals surface area contributed by atoms with Crippen molar-refractivity contribution >= 4 is 28.2 Å². The molecule has 4 heterocycles. The number of rotatable bonds is 5. The number of piperidine rings is 1. The van der Waals surface area contributed by atoms with E-state index in [0.717, 1.165) is 42.2 Å². The summed E-state index contributed by atoms with van der Waals surface area (Å²) < 4.78 is 10.7. The van der Waals surface area contributed by atoms with Crippen molar-refractivity contribution in [1.82, 2.24) is 9.88 Å². The number of ether oxygens (including phenoxy) is 2. The summed E-state index contributed by atoms with van der Waals surface area (Å²) in [5, 5.41) is 1.05. The average molecular weight is 430 g/mol. The van der Waals surface area contributed by atoms with Crippen LogP contribution in [-0.4, -0.2) is 67.8 Å². The van der Waals surface area contributed by atoms with E-state index in [9.17, 15) is 9.59 Å². The molecule has 2 aromatic rings. The predicted octanol–water partition coefficient (Wildman–Crippen LogP) is 3.06.